The van der Waals surface area contributed by atoms with Crippen molar-refractivity contribution in [3.63, 3.8) is 0 Å². The van der Waals surface area contributed by atoms with Gasteiger partial charge in [0.15, 0.2) is 15.7 Å². The van der Waals surface area contributed by atoms with Gasteiger partial charge in [-0.1, -0.05) is 11.6 Å². The molecule has 2 aliphatic carbocycles. The third kappa shape index (κ3) is 7.45. The van der Waals surface area contributed by atoms with Crippen LogP contribution in [0.15, 0.2) is 53.3 Å². The van der Waals surface area contributed by atoms with E-state index in [9.17, 15) is 44.0 Å². The number of sulfonamides is 1. The largest absolute Gasteiger partial charge is 0.369 e. The molecule has 6 aromatic rings. The number of aryl methyl sites for hydroxylation is 1. The average molecular weight is 938 g/mol. The molecular weight excluding hydrogens is 904 g/mol. The first-order chi connectivity index (χ1) is 29.5. The monoisotopic (exact) mass is 937 g/mol. The molecule has 24 heteroatoms. The molecule has 9 rings (SSSR count). The molecule has 2 fully saturated rings. The fraction of sp³-hybridized carbons (Fsp3) is 0.359. The smallest absolute Gasteiger partial charge is 0.293 e. The Morgan fingerprint density at radius 3 is 2.35 bits per heavy atom. The number of nitrogens with zero attached hydrogens (tertiary/aromatic N) is 7. The SMILES string of the molecule is Cn1nc(NS(C)(=O)=O)c2c(Cl)ccc(-n3c([C@H](Cc4cc(F)cc(F)c4)NC(=O)Cn4nc(C(F)F)c5c4C(F)(F)[C@@H]4C[C@H]54)nc4cc(N5CC(S(C)(=O)=O)C5)ccc4c3=O)c21. The summed E-state index contributed by atoms with van der Waals surface area (Å²) in [6.45, 7) is -0.740. The highest BCUT2D eigenvalue weighted by Crippen LogP contribution is 2.68. The van der Waals surface area contributed by atoms with Crippen molar-refractivity contribution in [2.45, 2.75) is 48.9 Å². The molecule has 0 radical (unpaired) electrons. The first kappa shape index (κ1) is 42.6. The summed E-state index contributed by atoms with van der Waals surface area (Å²) >= 11 is 6.61. The minimum absolute atomic E-state index is 0.00301. The van der Waals surface area contributed by atoms with Gasteiger partial charge in [0, 0.05) is 56.0 Å². The molecule has 15 nitrogen and oxygen atoms in total. The lowest BCUT2D eigenvalue weighted by Gasteiger charge is -2.39. The Morgan fingerprint density at radius 1 is 1.00 bits per heavy atom. The van der Waals surface area contributed by atoms with Gasteiger partial charge in [-0.3, -0.25) is 28.2 Å². The quantitative estimate of drug-likeness (QED) is 0.154. The minimum Gasteiger partial charge on any atom is -0.369 e. The highest BCUT2D eigenvalue weighted by atomic mass is 35.5. The molecule has 1 saturated heterocycles. The topological polar surface area (TPSA) is 183 Å². The lowest BCUT2D eigenvalue weighted by Crippen LogP contribution is -2.54. The zero-order valence-electron chi connectivity index (χ0n) is 33.1. The molecule has 3 aromatic carbocycles. The Balaban J connectivity index is 1.23. The summed E-state index contributed by atoms with van der Waals surface area (Å²) in [6, 6.07) is 8.22. The maximum Gasteiger partial charge on any atom is 0.293 e. The number of anilines is 2. The number of aromatic nitrogens is 6. The highest BCUT2D eigenvalue weighted by Gasteiger charge is 2.67. The lowest BCUT2D eigenvalue weighted by molar-refractivity contribution is -0.123. The second-order valence-electron chi connectivity index (χ2n) is 16.1. The number of fused-ring (bicyclic) bond motifs is 5. The van der Waals surface area contributed by atoms with Crippen LogP contribution in [-0.2, 0) is 50.6 Å². The number of benzene rings is 3. The van der Waals surface area contributed by atoms with Crippen molar-refractivity contribution in [2.75, 3.05) is 35.2 Å². The average Bonchev–Trinajstić information content (AvgIpc) is 3.68. The van der Waals surface area contributed by atoms with Crippen LogP contribution < -0.4 is 20.5 Å². The standard InChI is InChI=1S/C39H34ClF6N9O6S2/c1-52-33-28(7-6-25(40)31(33)36(50-52)51-63(3,60)61)55-37(48-26-12-20(4-5-22(26)38(55)57)53-14-21(15-53)62(2,58)59)27(10-17-8-18(41)11-19(42)9-17)47-29(56)16-54-34-30(32(49-54)35(43)44)23-13-24(23)39(34,45)46/h4-9,11-12,21,23-24,27,35H,10,13-16H2,1-3H3,(H,47,56)(H,50,51)/t23-,24+,27-/m0/s1. The molecule has 1 amide bonds. The number of hydrogen-bond acceptors (Lipinski definition) is 10. The van der Waals surface area contributed by atoms with Crippen molar-refractivity contribution in [3.8, 4) is 5.69 Å². The number of carbonyl (C=O) groups excluding carboxylic acids is 1. The molecule has 0 bridgehead atoms. The summed E-state index contributed by atoms with van der Waals surface area (Å²) in [5.41, 5.74) is -2.26. The van der Waals surface area contributed by atoms with E-state index in [1.54, 1.807) is 11.0 Å². The number of amides is 1. The number of sulfone groups is 1. The van der Waals surface area contributed by atoms with Crippen molar-refractivity contribution in [1.29, 1.82) is 0 Å². The highest BCUT2D eigenvalue weighted by molar-refractivity contribution is 7.92. The van der Waals surface area contributed by atoms with E-state index < -0.39 is 103 Å². The zero-order valence-corrected chi connectivity index (χ0v) is 35.5. The summed E-state index contributed by atoms with van der Waals surface area (Å²) in [5.74, 6) is -9.23. The summed E-state index contributed by atoms with van der Waals surface area (Å²) in [7, 11) is -5.87. The predicted molar refractivity (Wildman–Crippen MR) is 219 cm³/mol. The molecule has 1 saturated carbocycles. The molecule has 0 unspecified atom stereocenters. The van der Waals surface area contributed by atoms with Gasteiger partial charge in [-0.05, 0) is 60.4 Å². The maximum atomic E-state index is 15.5. The summed E-state index contributed by atoms with van der Waals surface area (Å²) in [6.07, 6.45) is -1.74. The van der Waals surface area contributed by atoms with E-state index in [-0.39, 0.29) is 74.8 Å². The summed E-state index contributed by atoms with van der Waals surface area (Å²) in [4.78, 5) is 35.7. The second-order valence-corrected chi connectivity index (χ2v) is 20.6. The molecule has 332 valence electrons. The molecular formula is C39H34ClF6N9O6S2. The van der Waals surface area contributed by atoms with Gasteiger partial charge in [0.25, 0.3) is 17.9 Å². The normalized spacial score (nSPS) is 18.7. The van der Waals surface area contributed by atoms with Gasteiger partial charge >= 0.3 is 0 Å². The van der Waals surface area contributed by atoms with Gasteiger partial charge in [-0.25, -0.2) is 39.4 Å². The number of carbonyl (C=O) groups is 1. The van der Waals surface area contributed by atoms with Crippen LogP contribution in [0.25, 0.3) is 27.5 Å². The van der Waals surface area contributed by atoms with Gasteiger partial charge in [0.05, 0.1) is 50.1 Å². The first-order valence-electron chi connectivity index (χ1n) is 19.2. The predicted octanol–water partition coefficient (Wildman–Crippen LogP) is 5.25. The molecule has 3 aliphatic rings. The van der Waals surface area contributed by atoms with Crippen LogP contribution in [0, 0.1) is 17.6 Å². The summed E-state index contributed by atoms with van der Waals surface area (Å²) < 4.78 is 143. The van der Waals surface area contributed by atoms with Crippen molar-refractivity contribution in [1.82, 2.24) is 34.4 Å². The van der Waals surface area contributed by atoms with Gasteiger partial charge in [0.1, 0.15) is 35.4 Å². The van der Waals surface area contributed by atoms with Crippen LogP contribution in [0.4, 0.5) is 37.8 Å². The van der Waals surface area contributed by atoms with Crippen LogP contribution in [0.3, 0.4) is 0 Å². The van der Waals surface area contributed by atoms with Crippen LogP contribution in [0.1, 0.15) is 53.1 Å². The molecule has 2 N–H and O–H groups in total. The Morgan fingerprint density at radius 2 is 1.70 bits per heavy atom. The van der Waals surface area contributed by atoms with Crippen molar-refractivity contribution < 1.29 is 48.0 Å². The van der Waals surface area contributed by atoms with E-state index in [2.05, 4.69) is 20.2 Å². The van der Waals surface area contributed by atoms with Crippen molar-refractivity contribution >= 4 is 70.7 Å². The van der Waals surface area contributed by atoms with Gasteiger partial charge < -0.3 is 10.2 Å². The number of nitrogens with one attached hydrogen (secondary N) is 2. The van der Waals surface area contributed by atoms with Crippen LogP contribution in [0.2, 0.25) is 5.02 Å². The van der Waals surface area contributed by atoms with Gasteiger partial charge in [-0.2, -0.15) is 19.0 Å². The van der Waals surface area contributed by atoms with Crippen LogP contribution in [-0.4, -0.2) is 82.7 Å². The molecule has 0 spiro atoms. The number of halogens is 7. The van der Waals surface area contributed by atoms with Crippen molar-refractivity contribution in [3.05, 3.63) is 104 Å². The molecule has 1 aliphatic heterocycles. The fourth-order valence-corrected chi connectivity index (χ4v) is 10.3. The van der Waals surface area contributed by atoms with Gasteiger partial charge in [-0.15, -0.1) is 0 Å². The molecule has 3 aromatic heterocycles. The third-order valence-corrected chi connectivity index (χ3v) is 14.0. The van der Waals surface area contributed by atoms with Crippen LogP contribution in [0.5, 0.6) is 0 Å². The second kappa shape index (κ2) is 14.7. The van der Waals surface area contributed by atoms with E-state index in [1.165, 1.54) is 36.0 Å². The van der Waals surface area contributed by atoms with E-state index >= 15 is 8.78 Å². The first-order valence-corrected chi connectivity index (χ1v) is 23.4. The number of alkyl halides is 4. The maximum absolute atomic E-state index is 15.5. The van der Waals surface area contributed by atoms with Gasteiger partial charge in [0.2, 0.25) is 15.9 Å². The Hall–Kier alpha value is -5.68. The minimum atomic E-state index is -3.93. The zero-order chi connectivity index (χ0) is 45.2. The van der Waals surface area contributed by atoms with E-state index in [1.807, 2.05) is 0 Å². The van der Waals surface area contributed by atoms with E-state index in [0.29, 0.717) is 16.4 Å². The lowest BCUT2D eigenvalue weighted by atomic mass is 10.0. The van der Waals surface area contributed by atoms with E-state index in [4.69, 9.17) is 16.6 Å². The summed E-state index contributed by atoms with van der Waals surface area (Å²) in [5, 5.41) is 10.0. The number of rotatable bonds is 12. The fourth-order valence-electron chi connectivity index (χ4n) is 8.68. The van der Waals surface area contributed by atoms with E-state index in [0.717, 1.165) is 29.2 Å². The molecule has 3 atom stereocenters. The number of hydrogen-bond donors (Lipinski definition) is 2. The third-order valence-electron chi connectivity index (χ3n) is 11.6. The Bertz CT molecular complexity index is 3210. The van der Waals surface area contributed by atoms with Crippen molar-refractivity contribution in [2.24, 2.45) is 13.0 Å². The Kier molecular flexibility index (Phi) is 9.94. The molecule has 63 heavy (non-hydrogen) atoms. The van der Waals surface area contributed by atoms with Crippen LogP contribution >= 0.6 is 11.6 Å². The molecule has 4 heterocycles. The Labute approximate surface area is 358 Å².